The second-order valence-electron chi connectivity index (χ2n) is 7.03. The highest BCUT2D eigenvalue weighted by Crippen LogP contribution is 2.13. The first-order valence-electron chi connectivity index (χ1n) is 8.56. The highest BCUT2D eigenvalue weighted by Gasteiger charge is 2.24. The third-order valence-corrected chi connectivity index (χ3v) is 3.90. The van der Waals surface area contributed by atoms with Crippen LogP contribution < -0.4 is 15.1 Å². The van der Waals surface area contributed by atoms with E-state index in [1.807, 2.05) is 75.6 Å². The average Bonchev–Trinajstić information content (AvgIpc) is 2.60. The second kappa shape index (κ2) is 8.69. The van der Waals surface area contributed by atoms with Gasteiger partial charge in [-0.3, -0.25) is 4.79 Å². The zero-order valence-corrected chi connectivity index (χ0v) is 15.8. The Bertz CT molecular complexity index is 700. The molecule has 0 bridgehead atoms. The lowest BCUT2D eigenvalue weighted by atomic mass is 10.2. The van der Waals surface area contributed by atoms with Crippen LogP contribution in [-0.4, -0.2) is 63.1 Å². The van der Waals surface area contributed by atoms with Crippen LogP contribution in [0.15, 0.2) is 54.6 Å². The molecule has 1 unspecified atom stereocenters. The van der Waals surface area contributed by atoms with Crippen LogP contribution in [0, 0.1) is 0 Å². The zero-order chi connectivity index (χ0) is 19.2. The van der Waals surface area contributed by atoms with E-state index in [-0.39, 0.29) is 17.1 Å². The summed E-state index contributed by atoms with van der Waals surface area (Å²) in [6.07, 6.45) is -0.707. The maximum Gasteiger partial charge on any atom is 0.295 e. The minimum Gasteiger partial charge on any atom is -0.491 e. The van der Waals surface area contributed by atoms with Crippen LogP contribution in [-0.2, 0) is 0 Å². The number of benzene rings is 2. The smallest absolute Gasteiger partial charge is 0.295 e. The Labute approximate surface area is 155 Å². The van der Waals surface area contributed by atoms with Crippen LogP contribution in [0.1, 0.15) is 10.4 Å². The van der Waals surface area contributed by atoms with Gasteiger partial charge in [-0.05, 0) is 36.4 Å². The van der Waals surface area contributed by atoms with Gasteiger partial charge in [0.05, 0.1) is 14.1 Å². The number of aliphatic hydroxyl groups is 1. The highest BCUT2D eigenvalue weighted by molar-refractivity contribution is 5.93. The van der Waals surface area contributed by atoms with Crippen LogP contribution in [0.2, 0.25) is 0 Å². The summed E-state index contributed by atoms with van der Waals surface area (Å²) < 4.78 is 5.71. The SMILES string of the molecule is CN(C)c1ccc(C(=O)N[N+](C)(C)CC(O)COc2ccccc2)cc1. The Balaban J connectivity index is 1.87. The van der Waals surface area contributed by atoms with E-state index >= 15 is 0 Å². The Morgan fingerprint density at radius 3 is 2.31 bits per heavy atom. The predicted molar refractivity (Wildman–Crippen MR) is 103 cm³/mol. The summed E-state index contributed by atoms with van der Waals surface area (Å²) >= 11 is 0. The molecule has 1 atom stereocenters. The minimum absolute atomic E-state index is 0.146. The lowest BCUT2D eigenvalue weighted by Crippen LogP contribution is -2.58. The number of likely N-dealkylation sites (N-methyl/N-ethyl adjacent to an activating group) is 1. The van der Waals surface area contributed by atoms with Crippen LogP contribution in [0.5, 0.6) is 5.75 Å². The lowest BCUT2D eigenvalue weighted by Gasteiger charge is -2.31. The summed E-state index contributed by atoms with van der Waals surface area (Å²) in [5, 5.41) is 10.2. The molecule has 0 aliphatic rings. The fraction of sp³-hybridized carbons (Fsp3) is 0.350. The van der Waals surface area contributed by atoms with Crippen molar-refractivity contribution in [1.29, 1.82) is 0 Å². The van der Waals surface area contributed by atoms with Crippen LogP contribution in [0.25, 0.3) is 0 Å². The van der Waals surface area contributed by atoms with Crippen molar-refractivity contribution in [3.8, 4) is 5.75 Å². The number of anilines is 1. The van der Waals surface area contributed by atoms with Gasteiger partial charge < -0.3 is 14.7 Å². The molecule has 0 saturated carbocycles. The van der Waals surface area contributed by atoms with Gasteiger partial charge >= 0.3 is 0 Å². The number of para-hydroxylation sites is 1. The summed E-state index contributed by atoms with van der Waals surface area (Å²) in [7, 11) is 7.57. The number of hydrogen-bond acceptors (Lipinski definition) is 4. The Kier molecular flexibility index (Phi) is 6.60. The number of hydrogen-bond donors (Lipinski definition) is 2. The number of carbonyl (C=O) groups excluding carboxylic acids is 1. The van der Waals surface area contributed by atoms with E-state index in [4.69, 9.17) is 4.74 Å². The number of aliphatic hydroxyl groups excluding tert-OH is 1. The Morgan fingerprint density at radius 2 is 1.73 bits per heavy atom. The number of nitrogens with one attached hydrogen (secondary N) is 1. The predicted octanol–water partition coefficient (Wildman–Crippen LogP) is 1.91. The maximum atomic E-state index is 12.4. The van der Waals surface area contributed by atoms with Gasteiger partial charge in [0.25, 0.3) is 5.91 Å². The van der Waals surface area contributed by atoms with Crippen LogP contribution in [0.4, 0.5) is 5.69 Å². The van der Waals surface area contributed by atoms with Crippen molar-refractivity contribution in [2.24, 2.45) is 0 Å². The zero-order valence-electron chi connectivity index (χ0n) is 15.8. The van der Waals surface area contributed by atoms with Crippen LogP contribution in [0.3, 0.4) is 0 Å². The quantitative estimate of drug-likeness (QED) is 0.559. The minimum atomic E-state index is -0.707. The van der Waals surface area contributed by atoms with Crippen molar-refractivity contribution < 1.29 is 19.2 Å². The largest absolute Gasteiger partial charge is 0.491 e. The molecule has 6 heteroatoms. The number of ether oxygens (including phenoxy) is 1. The van der Waals surface area contributed by atoms with Gasteiger partial charge in [-0.15, -0.1) is 0 Å². The molecule has 2 N–H and O–H groups in total. The van der Waals surface area contributed by atoms with Crippen molar-refractivity contribution in [2.45, 2.75) is 6.10 Å². The van der Waals surface area contributed by atoms with Gasteiger partial charge in [0.1, 0.15) is 25.0 Å². The van der Waals surface area contributed by atoms with Gasteiger partial charge in [0.15, 0.2) is 0 Å². The summed E-state index contributed by atoms with van der Waals surface area (Å²) in [5.41, 5.74) is 4.53. The third kappa shape index (κ3) is 6.06. The standard InChI is InChI=1S/C20H27N3O3/c1-22(2)17-12-10-16(11-13-17)20(25)21-23(3,4)14-18(24)15-26-19-8-6-5-7-9-19/h5-13,18,24H,14-15H2,1-4H3/p+1. The fourth-order valence-corrected chi connectivity index (χ4v) is 2.58. The van der Waals surface area contributed by atoms with E-state index in [9.17, 15) is 9.90 Å². The molecule has 0 fully saturated rings. The molecule has 0 spiro atoms. The molecule has 0 aliphatic heterocycles. The first-order valence-corrected chi connectivity index (χ1v) is 8.56. The Hall–Kier alpha value is -2.57. The molecule has 26 heavy (non-hydrogen) atoms. The van der Waals surface area contributed by atoms with Gasteiger partial charge in [0, 0.05) is 25.3 Å². The highest BCUT2D eigenvalue weighted by atomic mass is 16.5. The van der Waals surface area contributed by atoms with E-state index in [0.29, 0.717) is 17.9 Å². The van der Waals surface area contributed by atoms with Crippen molar-refractivity contribution in [3.63, 3.8) is 0 Å². The van der Waals surface area contributed by atoms with Crippen molar-refractivity contribution in [3.05, 3.63) is 60.2 Å². The summed E-state index contributed by atoms with van der Waals surface area (Å²) in [4.78, 5) is 14.4. The maximum absolute atomic E-state index is 12.4. The van der Waals surface area contributed by atoms with Crippen molar-refractivity contribution in [1.82, 2.24) is 5.43 Å². The van der Waals surface area contributed by atoms with E-state index in [1.54, 1.807) is 12.1 Å². The first kappa shape index (κ1) is 19.8. The van der Waals surface area contributed by atoms with Gasteiger partial charge in [-0.25, -0.2) is 4.59 Å². The topological polar surface area (TPSA) is 61.8 Å². The summed E-state index contributed by atoms with van der Waals surface area (Å²) in [5.74, 6) is 0.526. The van der Waals surface area contributed by atoms with Crippen molar-refractivity contribution >= 4 is 11.6 Å². The van der Waals surface area contributed by atoms with E-state index in [0.717, 1.165) is 5.69 Å². The molecule has 2 aromatic rings. The van der Waals surface area contributed by atoms with Gasteiger partial charge in [-0.2, -0.15) is 5.43 Å². The number of nitrogens with zero attached hydrogens (tertiary/aromatic N) is 2. The molecule has 6 nitrogen and oxygen atoms in total. The molecule has 0 aliphatic carbocycles. The third-order valence-electron chi connectivity index (χ3n) is 3.90. The van der Waals surface area contributed by atoms with E-state index < -0.39 is 6.10 Å². The fourth-order valence-electron chi connectivity index (χ4n) is 2.58. The number of carbonyl (C=O) groups is 1. The number of rotatable bonds is 8. The molecule has 1 amide bonds. The molecule has 0 radical (unpaired) electrons. The Morgan fingerprint density at radius 1 is 1.12 bits per heavy atom. The van der Waals surface area contributed by atoms with Crippen LogP contribution >= 0.6 is 0 Å². The second-order valence-corrected chi connectivity index (χ2v) is 7.03. The normalized spacial score (nSPS) is 12.3. The molecule has 2 rings (SSSR count). The molecular formula is C20H28N3O3+. The molecule has 0 heterocycles. The molecule has 0 aromatic heterocycles. The average molecular weight is 358 g/mol. The van der Waals surface area contributed by atoms with E-state index in [1.165, 1.54) is 0 Å². The molecule has 140 valence electrons. The summed E-state index contributed by atoms with van der Waals surface area (Å²) in [6, 6.07) is 16.7. The molecule has 2 aromatic carbocycles. The number of amides is 1. The van der Waals surface area contributed by atoms with Gasteiger partial charge in [0.2, 0.25) is 0 Å². The number of quaternary nitrogens is 1. The summed E-state index contributed by atoms with van der Waals surface area (Å²) in [6.45, 7) is 0.494. The monoisotopic (exact) mass is 358 g/mol. The van der Waals surface area contributed by atoms with Crippen molar-refractivity contribution in [2.75, 3.05) is 46.2 Å². The van der Waals surface area contributed by atoms with Gasteiger partial charge in [-0.1, -0.05) is 18.2 Å². The molecular weight excluding hydrogens is 330 g/mol. The van der Waals surface area contributed by atoms with E-state index in [2.05, 4.69) is 5.43 Å². The lowest BCUT2D eigenvalue weighted by molar-refractivity contribution is -0.927. The first-order chi connectivity index (χ1) is 12.3. The molecule has 0 saturated heterocycles.